The average molecular weight is 463 g/mol. The summed E-state index contributed by atoms with van der Waals surface area (Å²) in [6.45, 7) is 5.32. The maximum atomic E-state index is 12.9. The van der Waals surface area contributed by atoms with Gasteiger partial charge in [0.1, 0.15) is 12.1 Å². The standard InChI is InChI=1S/C25H30N6O3/c1-3-19-17(2)28-25(30-13-11-26-16-30)29-24(19)31-12-7-6-8-18(31)14-22(32)27-15-23-33-20-9-4-5-10-21(20)34-23/h4-5,9-11,13,16,18,23H,3,6-8,12,14-15H2,1-2H3,(H,27,32). The van der Waals surface area contributed by atoms with E-state index in [1.807, 2.05) is 42.0 Å². The molecule has 2 aromatic heterocycles. The zero-order valence-electron chi connectivity index (χ0n) is 19.6. The normalized spacial score (nSPS) is 17.7. The van der Waals surface area contributed by atoms with Gasteiger partial charge in [-0.3, -0.25) is 9.36 Å². The highest BCUT2D eigenvalue weighted by Gasteiger charge is 2.30. The van der Waals surface area contributed by atoms with Crippen LogP contribution < -0.4 is 19.7 Å². The number of piperidine rings is 1. The topological polar surface area (TPSA) is 94.4 Å². The number of rotatable bonds is 7. The van der Waals surface area contributed by atoms with Crippen LogP contribution in [0.25, 0.3) is 5.95 Å². The third kappa shape index (κ3) is 4.55. The van der Waals surface area contributed by atoms with Crippen molar-refractivity contribution in [3.63, 3.8) is 0 Å². The molecule has 4 heterocycles. The molecule has 1 saturated heterocycles. The van der Waals surface area contributed by atoms with Crippen molar-refractivity contribution in [3.05, 3.63) is 54.2 Å². The summed E-state index contributed by atoms with van der Waals surface area (Å²) in [6, 6.07) is 7.61. The van der Waals surface area contributed by atoms with Gasteiger partial charge in [-0.1, -0.05) is 19.1 Å². The molecule has 2 aliphatic rings. The number of amides is 1. The van der Waals surface area contributed by atoms with Crippen molar-refractivity contribution in [3.8, 4) is 17.4 Å². The van der Waals surface area contributed by atoms with Gasteiger partial charge < -0.3 is 19.7 Å². The van der Waals surface area contributed by atoms with E-state index in [-0.39, 0.29) is 11.9 Å². The summed E-state index contributed by atoms with van der Waals surface area (Å²) >= 11 is 0. The molecule has 0 spiro atoms. The van der Waals surface area contributed by atoms with Crippen LogP contribution in [-0.2, 0) is 11.2 Å². The third-order valence-electron chi connectivity index (χ3n) is 6.42. The number of anilines is 1. The maximum Gasteiger partial charge on any atom is 0.258 e. The molecule has 1 fully saturated rings. The van der Waals surface area contributed by atoms with E-state index in [9.17, 15) is 4.79 Å². The number of aryl methyl sites for hydroxylation is 1. The van der Waals surface area contributed by atoms with Crippen LogP contribution in [-0.4, -0.2) is 50.8 Å². The summed E-state index contributed by atoms with van der Waals surface area (Å²) in [4.78, 5) is 29.0. The fourth-order valence-electron chi connectivity index (χ4n) is 4.72. The fourth-order valence-corrected chi connectivity index (χ4v) is 4.72. The minimum atomic E-state index is -0.502. The predicted molar refractivity (Wildman–Crippen MR) is 127 cm³/mol. The number of nitrogens with one attached hydrogen (secondary N) is 1. The van der Waals surface area contributed by atoms with Gasteiger partial charge in [-0.2, -0.15) is 4.98 Å². The summed E-state index contributed by atoms with van der Waals surface area (Å²) in [6.07, 6.45) is 9.11. The van der Waals surface area contributed by atoms with E-state index in [0.29, 0.717) is 30.4 Å². The number of hydrogen-bond acceptors (Lipinski definition) is 7. The predicted octanol–water partition coefficient (Wildman–Crippen LogP) is 3.20. The zero-order chi connectivity index (χ0) is 23.5. The number of fused-ring (bicyclic) bond motifs is 1. The largest absolute Gasteiger partial charge is 0.449 e. The molecule has 1 N–H and O–H groups in total. The number of nitrogens with zero attached hydrogens (tertiary/aromatic N) is 5. The van der Waals surface area contributed by atoms with E-state index in [0.717, 1.165) is 49.3 Å². The first-order valence-corrected chi connectivity index (χ1v) is 11.9. The smallest absolute Gasteiger partial charge is 0.258 e. The van der Waals surface area contributed by atoms with Gasteiger partial charge in [0.25, 0.3) is 6.29 Å². The molecule has 0 radical (unpaired) electrons. The molecule has 9 heteroatoms. The van der Waals surface area contributed by atoms with E-state index in [4.69, 9.17) is 19.4 Å². The van der Waals surface area contributed by atoms with Crippen molar-refractivity contribution in [2.24, 2.45) is 0 Å². The van der Waals surface area contributed by atoms with Crippen molar-refractivity contribution in [1.82, 2.24) is 24.8 Å². The molecule has 0 saturated carbocycles. The Kier molecular flexibility index (Phi) is 6.33. The molecule has 1 unspecified atom stereocenters. The summed E-state index contributed by atoms with van der Waals surface area (Å²) < 4.78 is 13.3. The van der Waals surface area contributed by atoms with Crippen molar-refractivity contribution < 1.29 is 14.3 Å². The molecular weight excluding hydrogens is 432 g/mol. The fraction of sp³-hybridized carbons (Fsp3) is 0.440. The third-order valence-corrected chi connectivity index (χ3v) is 6.42. The van der Waals surface area contributed by atoms with Crippen molar-refractivity contribution in [2.75, 3.05) is 18.0 Å². The van der Waals surface area contributed by atoms with Crippen molar-refractivity contribution >= 4 is 11.7 Å². The van der Waals surface area contributed by atoms with Crippen LogP contribution in [0.15, 0.2) is 43.0 Å². The summed E-state index contributed by atoms with van der Waals surface area (Å²) in [5, 5.41) is 2.99. The lowest BCUT2D eigenvalue weighted by Crippen LogP contribution is -2.45. The minimum absolute atomic E-state index is 0.0151. The maximum absolute atomic E-state index is 12.9. The highest BCUT2D eigenvalue weighted by atomic mass is 16.7. The van der Waals surface area contributed by atoms with Crippen LogP contribution in [0.4, 0.5) is 5.82 Å². The highest BCUT2D eigenvalue weighted by Crippen LogP contribution is 2.34. The van der Waals surface area contributed by atoms with Gasteiger partial charge in [0.05, 0.1) is 6.54 Å². The van der Waals surface area contributed by atoms with Gasteiger partial charge in [0.2, 0.25) is 11.9 Å². The van der Waals surface area contributed by atoms with Crippen molar-refractivity contribution in [1.29, 1.82) is 0 Å². The Bertz CT molecular complexity index is 1120. The number of carbonyl (C=O) groups is 1. The average Bonchev–Trinajstić information content (AvgIpc) is 3.53. The Morgan fingerprint density at radius 3 is 2.68 bits per heavy atom. The molecule has 1 atom stereocenters. The zero-order valence-corrected chi connectivity index (χ0v) is 19.6. The second-order valence-electron chi connectivity index (χ2n) is 8.70. The lowest BCUT2D eigenvalue weighted by Gasteiger charge is -2.37. The number of imidazole rings is 1. The Morgan fingerprint density at radius 2 is 1.97 bits per heavy atom. The van der Waals surface area contributed by atoms with Crippen LogP contribution in [0.3, 0.4) is 0 Å². The number of aromatic nitrogens is 4. The monoisotopic (exact) mass is 462 g/mol. The number of carbonyl (C=O) groups excluding carboxylic acids is 1. The minimum Gasteiger partial charge on any atom is -0.449 e. The SMILES string of the molecule is CCc1c(C)nc(-n2ccnc2)nc1N1CCCCC1CC(=O)NCC1Oc2ccccc2O1. The van der Waals surface area contributed by atoms with Gasteiger partial charge >= 0.3 is 0 Å². The van der Waals surface area contributed by atoms with Crippen LogP contribution >= 0.6 is 0 Å². The number of para-hydroxylation sites is 2. The van der Waals surface area contributed by atoms with Crippen LogP contribution in [0.1, 0.15) is 43.9 Å². The van der Waals surface area contributed by atoms with Gasteiger partial charge in [-0.15, -0.1) is 0 Å². The molecule has 3 aromatic rings. The molecule has 0 bridgehead atoms. The van der Waals surface area contributed by atoms with E-state index in [1.165, 1.54) is 0 Å². The Morgan fingerprint density at radius 1 is 1.18 bits per heavy atom. The molecule has 178 valence electrons. The lowest BCUT2D eigenvalue weighted by atomic mass is 9.97. The van der Waals surface area contributed by atoms with Gasteiger partial charge in [0.15, 0.2) is 11.5 Å². The highest BCUT2D eigenvalue weighted by molar-refractivity contribution is 5.77. The van der Waals surface area contributed by atoms with Crippen LogP contribution in [0.5, 0.6) is 11.5 Å². The second-order valence-corrected chi connectivity index (χ2v) is 8.70. The molecule has 2 aliphatic heterocycles. The Balaban J connectivity index is 1.28. The van der Waals surface area contributed by atoms with E-state index in [1.54, 1.807) is 12.5 Å². The summed E-state index contributed by atoms with van der Waals surface area (Å²) in [7, 11) is 0. The molecular formula is C25H30N6O3. The van der Waals surface area contributed by atoms with E-state index in [2.05, 4.69) is 22.1 Å². The molecule has 5 rings (SSSR count). The van der Waals surface area contributed by atoms with Crippen LogP contribution in [0, 0.1) is 6.92 Å². The number of ether oxygens (including phenoxy) is 2. The molecule has 0 aliphatic carbocycles. The van der Waals surface area contributed by atoms with E-state index < -0.39 is 6.29 Å². The van der Waals surface area contributed by atoms with E-state index >= 15 is 0 Å². The summed E-state index contributed by atoms with van der Waals surface area (Å²) in [5.41, 5.74) is 2.08. The lowest BCUT2D eigenvalue weighted by molar-refractivity contribution is -0.122. The quantitative estimate of drug-likeness (QED) is 0.576. The Hall–Kier alpha value is -3.62. The Labute approximate surface area is 199 Å². The number of hydrogen-bond donors (Lipinski definition) is 1. The van der Waals surface area contributed by atoms with Crippen LogP contribution in [0.2, 0.25) is 0 Å². The van der Waals surface area contributed by atoms with Gasteiger partial charge in [0, 0.05) is 42.7 Å². The first-order valence-electron chi connectivity index (χ1n) is 11.9. The molecule has 1 amide bonds. The van der Waals surface area contributed by atoms with Crippen molar-refractivity contribution in [2.45, 2.75) is 58.3 Å². The molecule has 34 heavy (non-hydrogen) atoms. The number of benzene rings is 1. The first-order chi connectivity index (χ1) is 16.6. The molecule has 9 nitrogen and oxygen atoms in total. The second kappa shape index (κ2) is 9.70. The molecule has 1 aromatic carbocycles. The summed E-state index contributed by atoms with van der Waals surface area (Å²) in [5.74, 6) is 2.93. The van der Waals surface area contributed by atoms with Gasteiger partial charge in [-0.05, 0) is 44.7 Å². The first kappa shape index (κ1) is 22.2. The van der Waals surface area contributed by atoms with Gasteiger partial charge in [-0.25, -0.2) is 9.97 Å².